The van der Waals surface area contributed by atoms with Gasteiger partial charge in [-0.3, -0.25) is 14.5 Å². The topological polar surface area (TPSA) is 86.7 Å². The van der Waals surface area contributed by atoms with Crippen LogP contribution in [0.25, 0.3) is 0 Å². The number of rotatable bonds is 6. The highest BCUT2D eigenvalue weighted by molar-refractivity contribution is 8.00. The van der Waals surface area contributed by atoms with Crippen LogP contribution in [0.2, 0.25) is 0 Å². The number of nitrogens with zero attached hydrogens (tertiary/aromatic N) is 1. The number of nitrogens with one attached hydrogen (secondary N) is 1. The van der Waals surface area contributed by atoms with Crippen LogP contribution in [0.15, 0.2) is 40.9 Å². The molecule has 0 radical (unpaired) electrons. The monoisotopic (exact) mass is 378 g/mol. The predicted molar refractivity (Wildman–Crippen MR) is 97.1 cm³/mol. The number of carbonyl (C=O) groups is 3. The molecule has 0 unspecified atom stereocenters. The van der Waals surface area contributed by atoms with Gasteiger partial charge in [0.15, 0.2) is 0 Å². The number of carbonyl (C=O) groups excluding carboxylic acids is 2. The van der Waals surface area contributed by atoms with Gasteiger partial charge in [0.2, 0.25) is 5.91 Å². The third-order valence-corrected chi connectivity index (χ3v) is 6.17. The number of thioether (sulfide) groups is 1. The van der Waals surface area contributed by atoms with E-state index in [9.17, 15) is 19.5 Å². The molecule has 2 atom stereocenters. The molecule has 1 aromatic heterocycles. The fraction of sp³-hybridized carbons (Fsp3) is 0.353. The van der Waals surface area contributed by atoms with E-state index in [0.29, 0.717) is 11.3 Å². The highest BCUT2D eigenvalue weighted by Crippen LogP contribution is 2.40. The Balaban J connectivity index is 1.72. The molecule has 2 amide bonds. The predicted octanol–water partition coefficient (Wildman–Crippen LogP) is 2.00. The Kier molecular flexibility index (Phi) is 5.29. The molecule has 132 valence electrons. The van der Waals surface area contributed by atoms with Gasteiger partial charge in [-0.05, 0) is 23.4 Å². The maximum absolute atomic E-state index is 12.4. The first kappa shape index (κ1) is 17.8. The van der Waals surface area contributed by atoms with Crippen molar-refractivity contribution < 1.29 is 19.5 Å². The van der Waals surface area contributed by atoms with Gasteiger partial charge < -0.3 is 10.4 Å². The van der Waals surface area contributed by atoms with Crippen LogP contribution in [0.4, 0.5) is 0 Å². The molecule has 3 heterocycles. The summed E-state index contributed by atoms with van der Waals surface area (Å²) in [6.45, 7) is 1.96. The molecule has 1 saturated heterocycles. The summed E-state index contributed by atoms with van der Waals surface area (Å²) in [5, 5.41) is 13.8. The Hall–Kier alpha value is -2.06. The second kappa shape index (κ2) is 7.45. The number of aliphatic carboxylic acids is 1. The lowest BCUT2D eigenvalue weighted by Crippen LogP contribution is -2.70. The van der Waals surface area contributed by atoms with Gasteiger partial charge >= 0.3 is 5.97 Å². The largest absolute Gasteiger partial charge is 0.477 e. The average Bonchev–Trinajstić information content (AvgIpc) is 3.09. The maximum Gasteiger partial charge on any atom is 0.352 e. The van der Waals surface area contributed by atoms with Crippen molar-refractivity contribution in [3.63, 3.8) is 0 Å². The minimum Gasteiger partial charge on any atom is -0.477 e. The van der Waals surface area contributed by atoms with Crippen molar-refractivity contribution in [3.05, 3.63) is 45.8 Å². The maximum atomic E-state index is 12.4. The van der Waals surface area contributed by atoms with Gasteiger partial charge in [0, 0.05) is 10.6 Å². The molecule has 1 aromatic rings. The Labute approximate surface area is 153 Å². The quantitative estimate of drug-likeness (QED) is 0.740. The third kappa shape index (κ3) is 3.50. The van der Waals surface area contributed by atoms with E-state index in [1.807, 2.05) is 30.5 Å². The zero-order valence-electron chi connectivity index (χ0n) is 13.6. The van der Waals surface area contributed by atoms with Gasteiger partial charge in [-0.25, -0.2) is 4.79 Å². The second-order valence-electron chi connectivity index (χ2n) is 5.70. The Morgan fingerprint density at radius 3 is 2.92 bits per heavy atom. The number of thiophene rings is 1. The van der Waals surface area contributed by atoms with Crippen LogP contribution in [0.5, 0.6) is 0 Å². The SMILES string of the molecule is CC/C=C/C1=C(C(=O)O)N2C(=O)[C@@H](NC(=O)Cc3cccs3)[C@H]2SC1. The van der Waals surface area contributed by atoms with Crippen molar-refractivity contribution in [1.29, 1.82) is 0 Å². The summed E-state index contributed by atoms with van der Waals surface area (Å²) in [4.78, 5) is 38.4. The first-order chi connectivity index (χ1) is 12.0. The number of allylic oxidation sites excluding steroid dienone is 2. The molecule has 0 spiro atoms. The lowest BCUT2D eigenvalue weighted by Gasteiger charge is -2.49. The van der Waals surface area contributed by atoms with Crippen molar-refractivity contribution >= 4 is 40.9 Å². The first-order valence-electron chi connectivity index (χ1n) is 7.92. The van der Waals surface area contributed by atoms with E-state index in [2.05, 4.69) is 5.32 Å². The number of hydrogen-bond donors (Lipinski definition) is 2. The summed E-state index contributed by atoms with van der Waals surface area (Å²) < 4.78 is 0. The van der Waals surface area contributed by atoms with Gasteiger partial charge in [0.1, 0.15) is 17.1 Å². The van der Waals surface area contributed by atoms with Gasteiger partial charge in [-0.1, -0.05) is 25.1 Å². The standard InChI is InChI=1S/C17H18N2O4S2/c1-2-3-5-10-9-25-16-13(15(21)19(16)14(10)17(22)23)18-12(20)8-11-6-4-7-24-11/h3-7,13,16H,2,8-9H2,1H3,(H,18,20)(H,22,23)/b5-3+/t13-,16-/m1/s1. The Morgan fingerprint density at radius 1 is 1.48 bits per heavy atom. The molecule has 2 aliphatic rings. The van der Waals surface area contributed by atoms with Crippen LogP contribution in [0, 0.1) is 0 Å². The van der Waals surface area contributed by atoms with Crippen molar-refractivity contribution in [2.24, 2.45) is 0 Å². The number of carboxylic acid groups (broad SMARTS) is 1. The van der Waals surface area contributed by atoms with E-state index in [4.69, 9.17) is 0 Å². The van der Waals surface area contributed by atoms with Crippen LogP contribution < -0.4 is 5.32 Å². The summed E-state index contributed by atoms with van der Waals surface area (Å²) >= 11 is 2.96. The number of β-lactam (4-membered cyclic amide) rings is 1. The molecule has 3 rings (SSSR count). The Bertz CT molecular complexity index is 755. The summed E-state index contributed by atoms with van der Waals surface area (Å²) in [5.74, 6) is -1.20. The molecule has 0 aliphatic carbocycles. The van der Waals surface area contributed by atoms with Crippen molar-refractivity contribution in [2.75, 3.05) is 5.75 Å². The number of amides is 2. The summed E-state index contributed by atoms with van der Waals surface area (Å²) in [7, 11) is 0. The highest BCUT2D eigenvalue weighted by Gasteiger charge is 2.53. The van der Waals surface area contributed by atoms with Crippen molar-refractivity contribution in [1.82, 2.24) is 10.2 Å². The molecule has 25 heavy (non-hydrogen) atoms. The molecule has 8 heteroatoms. The number of fused-ring (bicyclic) bond motifs is 1. The lowest BCUT2D eigenvalue weighted by atomic mass is 10.0. The van der Waals surface area contributed by atoms with Gasteiger partial charge in [0.25, 0.3) is 5.91 Å². The summed E-state index contributed by atoms with van der Waals surface area (Å²) in [6, 6.07) is 3.07. The van der Waals surface area contributed by atoms with E-state index < -0.39 is 12.0 Å². The second-order valence-corrected chi connectivity index (χ2v) is 7.84. The normalized spacial score (nSPS) is 22.8. The van der Waals surface area contributed by atoms with E-state index >= 15 is 0 Å². The fourth-order valence-electron chi connectivity index (χ4n) is 2.83. The van der Waals surface area contributed by atoms with E-state index in [0.717, 1.165) is 11.3 Å². The number of carboxylic acids is 1. The molecule has 2 aliphatic heterocycles. The molecule has 1 fully saturated rings. The van der Waals surface area contributed by atoms with Crippen LogP contribution >= 0.6 is 23.1 Å². The third-order valence-electron chi connectivity index (χ3n) is 3.99. The molecule has 0 saturated carbocycles. The van der Waals surface area contributed by atoms with Crippen LogP contribution in [0.1, 0.15) is 18.2 Å². The zero-order chi connectivity index (χ0) is 18.0. The van der Waals surface area contributed by atoms with Crippen LogP contribution in [0.3, 0.4) is 0 Å². The van der Waals surface area contributed by atoms with E-state index in [1.54, 1.807) is 6.08 Å². The molecular formula is C17H18N2O4S2. The van der Waals surface area contributed by atoms with Gasteiger partial charge in [0.05, 0.1) is 6.42 Å². The molecule has 0 bridgehead atoms. The van der Waals surface area contributed by atoms with Crippen LogP contribution in [-0.4, -0.2) is 45.0 Å². The van der Waals surface area contributed by atoms with Gasteiger partial charge in [-0.15, -0.1) is 23.1 Å². The lowest BCUT2D eigenvalue weighted by molar-refractivity contribution is -0.150. The number of hydrogen-bond acceptors (Lipinski definition) is 5. The van der Waals surface area contributed by atoms with Crippen LogP contribution in [-0.2, 0) is 20.8 Å². The van der Waals surface area contributed by atoms with Crippen molar-refractivity contribution in [3.8, 4) is 0 Å². The highest BCUT2D eigenvalue weighted by atomic mass is 32.2. The Morgan fingerprint density at radius 2 is 2.28 bits per heavy atom. The molecule has 0 aromatic carbocycles. The molecular weight excluding hydrogens is 360 g/mol. The van der Waals surface area contributed by atoms with E-state index in [-0.39, 0.29) is 29.3 Å². The van der Waals surface area contributed by atoms with Gasteiger partial charge in [-0.2, -0.15) is 0 Å². The molecule has 6 nitrogen and oxygen atoms in total. The fourth-order valence-corrected chi connectivity index (χ4v) is 4.85. The molecule has 2 N–H and O–H groups in total. The summed E-state index contributed by atoms with van der Waals surface area (Å²) in [6.07, 6.45) is 4.66. The zero-order valence-corrected chi connectivity index (χ0v) is 15.2. The smallest absolute Gasteiger partial charge is 0.352 e. The summed E-state index contributed by atoms with van der Waals surface area (Å²) in [5.41, 5.74) is 0.662. The minimum atomic E-state index is -1.11. The first-order valence-corrected chi connectivity index (χ1v) is 9.85. The van der Waals surface area contributed by atoms with Crippen molar-refractivity contribution in [2.45, 2.75) is 31.2 Å². The minimum absolute atomic E-state index is 0.0298. The van der Waals surface area contributed by atoms with E-state index in [1.165, 1.54) is 28.0 Å². The average molecular weight is 378 g/mol.